The third-order valence-corrected chi connectivity index (χ3v) is 4.52. The number of hydrogen-bond donors (Lipinski definition) is 0. The van der Waals surface area contributed by atoms with Crippen LogP contribution in [0.1, 0.15) is 11.9 Å². The lowest BCUT2D eigenvalue weighted by Crippen LogP contribution is -2.49. The molecule has 1 aromatic carbocycles. The van der Waals surface area contributed by atoms with Crippen molar-refractivity contribution < 1.29 is 14.3 Å². The Balaban J connectivity index is 1.72. The van der Waals surface area contributed by atoms with Crippen LogP contribution in [-0.4, -0.2) is 48.3 Å². The Labute approximate surface area is 127 Å². The van der Waals surface area contributed by atoms with Crippen LogP contribution in [0.5, 0.6) is 0 Å². The number of methoxy groups -OCH3 is 1. The van der Waals surface area contributed by atoms with E-state index >= 15 is 0 Å². The van der Waals surface area contributed by atoms with Gasteiger partial charge in [0.25, 0.3) is 0 Å². The smallest absolute Gasteiger partial charge is 0.336 e. The molecular formula is C15H18N2O3S. The molecule has 21 heavy (non-hydrogen) atoms. The lowest BCUT2D eigenvalue weighted by molar-refractivity contribution is -0.166. The van der Waals surface area contributed by atoms with Gasteiger partial charge < -0.3 is 9.47 Å². The molecule has 1 aliphatic heterocycles. The molecule has 2 heterocycles. The second-order valence-corrected chi connectivity index (χ2v) is 6.34. The number of morpholine rings is 1. The molecule has 2 atom stereocenters. The zero-order valence-electron chi connectivity index (χ0n) is 12.1. The quantitative estimate of drug-likeness (QED) is 0.813. The van der Waals surface area contributed by atoms with E-state index in [4.69, 9.17) is 9.47 Å². The van der Waals surface area contributed by atoms with Crippen molar-refractivity contribution in [2.75, 3.05) is 20.2 Å². The molecule has 0 radical (unpaired) electrons. The fourth-order valence-corrected chi connectivity index (χ4v) is 3.62. The average Bonchev–Trinajstić information content (AvgIpc) is 2.87. The van der Waals surface area contributed by atoms with Crippen molar-refractivity contribution in [3.63, 3.8) is 0 Å². The topological polar surface area (TPSA) is 51.7 Å². The minimum atomic E-state index is -0.506. The molecule has 0 saturated carbocycles. The predicted octanol–water partition coefficient (Wildman–Crippen LogP) is 2.06. The summed E-state index contributed by atoms with van der Waals surface area (Å²) in [6, 6.07) is 8.12. The average molecular weight is 306 g/mol. The molecule has 112 valence electrons. The number of para-hydroxylation sites is 1. The summed E-state index contributed by atoms with van der Waals surface area (Å²) < 4.78 is 11.6. The molecule has 0 N–H and O–H groups in total. The summed E-state index contributed by atoms with van der Waals surface area (Å²) >= 11 is 1.70. The van der Waals surface area contributed by atoms with Gasteiger partial charge in [-0.25, -0.2) is 9.78 Å². The number of esters is 1. The number of thiazole rings is 1. The Bertz CT molecular complexity index is 610. The molecule has 0 aliphatic carbocycles. The Morgan fingerprint density at radius 3 is 3.05 bits per heavy atom. The molecule has 2 aromatic rings. The van der Waals surface area contributed by atoms with Gasteiger partial charge in [-0.15, -0.1) is 11.3 Å². The highest BCUT2D eigenvalue weighted by molar-refractivity contribution is 7.18. The first-order valence-corrected chi connectivity index (χ1v) is 7.77. The lowest BCUT2D eigenvalue weighted by Gasteiger charge is -2.34. The van der Waals surface area contributed by atoms with Crippen LogP contribution in [0.2, 0.25) is 0 Å². The van der Waals surface area contributed by atoms with Crippen molar-refractivity contribution in [3.8, 4) is 0 Å². The molecule has 1 aromatic heterocycles. The maximum absolute atomic E-state index is 11.7. The van der Waals surface area contributed by atoms with Crippen molar-refractivity contribution in [2.45, 2.75) is 25.7 Å². The van der Waals surface area contributed by atoms with Gasteiger partial charge in [0.2, 0.25) is 0 Å². The van der Waals surface area contributed by atoms with Crippen LogP contribution in [0.4, 0.5) is 0 Å². The standard InChI is InChI=1S/C15H18N2O3S/c1-10-7-17(8-12(20-10)15(18)19-2)9-14-16-11-5-3-4-6-13(11)21-14/h3-6,10,12H,7-9H2,1-2H3/t10-,12?/m1/s1. The minimum absolute atomic E-state index is 0.0113. The highest BCUT2D eigenvalue weighted by Gasteiger charge is 2.31. The fraction of sp³-hybridized carbons (Fsp3) is 0.467. The summed E-state index contributed by atoms with van der Waals surface area (Å²) in [6.07, 6.45) is -0.495. The highest BCUT2D eigenvalue weighted by atomic mass is 32.1. The van der Waals surface area contributed by atoms with Gasteiger partial charge in [0.15, 0.2) is 6.10 Å². The van der Waals surface area contributed by atoms with Crippen LogP contribution in [0, 0.1) is 0 Å². The molecule has 1 fully saturated rings. The second-order valence-electron chi connectivity index (χ2n) is 5.23. The zero-order valence-corrected chi connectivity index (χ0v) is 12.9. The molecule has 1 unspecified atom stereocenters. The number of carbonyl (C=O) groups excluding carboxylic acids is 1. The van der Waals surface area contributed by atoms with Crippen molar-refractivity contribution >= 4 is 27.5 Å². The van der Waals surface area contributed by atoms with E-state index in [0.717, 1.165) is 23.6 Å². The van der Waals surface area contributed by atoms with Crippen molar-refractivity contribution in [1.29, 1.82) is 0 Å². The SMILES string of the molecule is COC(=O)C1CN(Cc2nc3ccccc3s2)C[C@@H](C)O1. The van der Waals surface area contributed by atoms with E-state index in [9.17, 15) is 4.79 Å². The second kappa shape index (κ2) is 6.09. The summed E-state index contributed by atoms with van der Waals surface area (Å²) in [7, 11) is 1.39. The molecule has 1 saturated heterocycles. The first-order valence-electron chi connectivity index (χ1n) is 6.96. The largest absolute Gasteiger partial charge is 0.467 e. The number of hydrogen-bond acceptors (Lipinski definition) is 6. The number of carbonyl (C=O) groups is 1. The van der Waals surface area contributed by atoms with Gasteiger partial charge in [0.05, 0.1) is 30.0 Å². The fourth-order valence-electron chi connectivity index (χ4n) is 2.61. The molecule has 1 aliphatic rings. The number of rotatable bonds is 3. The molecular weight excluding hydrogens is 288 g/mol. The Kier molecular flexibility index (Phi) is 4.19. The Morgan fingerprint density at radius 2 is 2.29 bits per heavy atom. The summed E-state index contributed by atoms with van der Waals surface area (Å²) in [5, 5.41) is 1.06. The maximum Gasteiger partial charge on any atom is 0.336 e. The van der Waals surface area contributed by atoms with Gasteiger partial charge in [0, 0.05) is 13.1 Å². The number of aromatic nitrogens is 1. The third-order valence-electron chi connectivity index (χ3n) is 3.50. The summed E-state index contributed by atoms with van der Waals surface area (Å²) in [5.41, 5.74) is 1.03. The first-order chi connectivity index (χ1) is 10.2. The normalized spacial score (nSPS) is 23.3. The third kappa shape index (κ3) is 3.23. The van der Waals surface area contributed by atoms with E-state index in [2.05, 4.69) is 16.0 Å². The zero-order chi connectivity index (χ0) is 14.8. The monoisotopic (exact) mass is 306 g/mol. The van der Waals surface area contributed by atoms with E-state index in [1.807, 2.05) is 25.1 Å². The Morgan fingerprint density at radius 1 is 1.48 bits per heavy atom. The van der Waals surface area contributed by atoms with Gasteiger partial charge in [-0.1, -0.05) is 12.1 Å². The number of fused-ring (bicyclic) bond motifs is 1. The van der Waals surface area contributed by atoms with E-state index in [1.54, 1.807) is 11.3 Å². The van der Waals surface area contributed by atoms with Crippen molar-refractivity contribution in [1.82, 2.24) is 9.88 Å². The van der Waals surface area contributed by atoms with E-state index in [1.165, 1.54) is 11.8 Å². The highest BCUT2D eigenvalue weighted by Crippen LogP contribution is 2.24. The summed E-state index contributed by atoms with van der Waals surface area (Å²) in [6.45, 7) is 4.05. The van der Waals surface area contributed by atoms with Gasteiger partial charge in [0.1, 0.15) is 5.01 Å². The maximum atomic E-state index is 11.7. The predicted molar refractivity (Wildman–Crippen MR) is 81.2 cm³/mol. The summed E-state index contributed by atoms with van der Waals surface area (Å²) in [5.74, 6) is -0.309. The molecule has 0 amide bonds. The number of benzene rings is 1. The molecule has 3 rings (SSSR count). The van der Waals surface area contributed by atoms with Gasteiger partial charge >= 0.3 is 5.97 Å². The molecule has 0 spiro atoms. The minimum Gasteiger partial charge on any atom is -0.467 e. The first kappa shape index (κ1) is 14.4. The van der Waals surface area contributed by atoms with Crippen molar-refractivity contribution in [3.05, 3.63) is 29.3 Å². The van der Waals surface area contributed by atoms with Crippen molar-refractivity contribution in [2.24, 2.45) is 0 Å². The molecule has 5 nitrogen and oxygen atoms in total. The number of nitrogens with zero attached hydrogens (tertiary/aromatic N) is 2. The number of ether oxygens (including phenoxy) is 2. The van der Waals surface area contributed by atoms with E-state index < -0.39 is 6.10 Å². The van der Waals surface area contributed by atoms with Crippen LogP contribution in [0.3, 0.4) is 0 Å². The lowest BCUT2D eigenvalue weighted by atomic mass is 10.2. The van der Waals surface area contributed by atoms with Crippen LogP contribution in [0.25, 0.3) is 10.2 Å². The van der Waals surface area contributed by atoms with Crippen LogP contribution in [-0.2, 0) is 20.8 Å². The summed E-state index contributed by atoms with van der Waals surface area (Å²) in [4.78, 5) is 18.5. The molecule has 6 heteroatoms. The molecule has 0 bridgehead atoms. The van der Waals surface area contributed by atoms with Gasteiger partial charge in [-0.3, -0.25) is 4.90 Å². The van der Waals surface area contributed by atoms with E-state index in [0.29, 0.717) is 6.54 Å². The van der Waals surface area contributed by atoms with Crippen LogP contribution in [0.15, 0.2) is 24.3 Å². The van der Waals surface area contributed by atoms with E-state index in [-0.39, 0.29) is 12.1 Å². The van der Waals surface area contributed by atoms with Gasteiger partial charge in [-0.2, -0.15) is 0 Å². The van der Waals surface area contributed by atoms with Crippen LogP contribution < -0.4 is 0 Å². The van der Waals surface area contributed by atoms with Gasteiger partial charge in [-0.05, 0) is 19.1 Å². The van der Waals surface area contributed by atoms with Crippen LogP contribution >= 0.6 is 11.3 Å². The Hall–Kier alpha value is -1.50.